The summed E-state index contributed by atoms with van der Waals surface area (Å²) in [7, 11) is 0. The van der Waals surface area contributed by atoms with Gasteiger partial charge in [-0.25, -0.2) is 4.98 Å². The number of nitrogens with zero attached hydrogens (tertiary/aromatic N) is 3. The second-order valence-electron chi connectivity index (χ2n) is 4.72. The van der Waals surface area contributed by atoms with Crippen molar-refractivity contribution in [2.24, 2.45) is 11.7 Å². The van der Waals surface area contributed by atoms with Crippen molar-refractivity contribution < 1.29 is 4.74 Å². The SMILES string of the molecule is CCCOc1ccnc(N2CCC(CCN)C2)n1. The van der Waals surface area contributed by atoms with Crippen LogP contribution in [0.4, 0.5) is 5.95 Å². The maximum absolute atomic E-state index is 5.60. The van der Waals surface area contributed by atoms with Gasteiger partial charge in [0.25, 0.3) is 0 Å². The van der Waals surface area contributed by atoms with Crippen molar-refractivity contribution in [2.45, 2.75) is 26.2 Å². The standard InChI is InChI=1S/C13H22N4O/c1-2-9-18-12-4-7-15-13(16-12)17-8-5-11(10-17)3-6-14/h4,7,11H,2-3,5-6,8-10,14H2,1H3. The Morgan fingerprint density at radius 3 is 3.22 bits per heavy atom. The van der Waals surface area contributed by atoms with Gasteiger partial charge in [0, 0.05) is 25.4 Å². The van der Waals surface area contributed by atoms with Crippen molar-refractivity contribution in [1.82, 2.24) is 9.97 Å². The van der Waals surface area contributed by atoms with Crippen LogP contribution < -0.4 is 15.4 Å². The molecule has 1 saturated heterocycles. The predicted octanol–water partition coefficient (Wildman–Crippen LogP) is 1.44. The lowest BCUT2D eigenvalue weighted by Crippen LogP contribution is -2.22. The first-order valence-corrected chi connectivity index (χ1v) is 6.74. The summed E-state index contributed by atoms with van der Waals surface area (Å²) < 4.78 is 5.53. The van der Waals surface area contributed by atoms with Crippen LogP contribution in [0.1, 0.15) is 26.2 Å². The van der Waals surface area contributed by atoms with E-state index in [2.05, 4.69) is 21.8 Å². The van der Waals surface area contributed by atoms with E-state index in [9.17, 15) is 0 Å². The molecule has 1 aliphatic heterocycles. The molecule has 18 heavy (non-hydrogen) atoms. The fraction of sp³-hybridized carbons (Fsp3) is 0.692. The molecule has 5 nitrogen and oxygen atoms in total. The van der Waals surface area contributed by atoms with Crippen LogP contribution in [-0.4, -0.2) is 36.2 Å². The highest BCUT2D eigenvalue weighted by atomic mass is 16.5. The molecule has 0 aromatic carbocycles. The molecule has 1 fully saturated rings. The van der Waals surface area contributed by atoms with Gasteiger partial charge < -0.3 is 15.4 Å². The summed E-state index contributed by atoms with van der Waals surface area (Å²) in [6, 6.07) is 1.81. The van der Waals surface area contributed by atoms with E-state index >= 15 is 0 Å². The number of hydrogen-bond donors (Lipinski definition) is 1. The van der Waals surface area contributed by atoms with Crippen LogP contribution in [0.15, 0.2) is 12.3 Å². The van der Waals surface area contributed by atoms with Crippen LogP contribution in [0, 0.1) is 5.92 Å². The van der Waals surface area contributed by atoms with Crippen molar-refractivity contribution in [3.63, 3.8) is 0 Å². The Morgan fingerprint density at radius 2 is 2.44 bits per heavy atom. The predicted molar refractivity (Wildman–Crippen MR) is 71.8 cm³/mol. The summed E-state index contributed by atoms with van der Waals surface area (Å²) in [6.45, 7) is 5.57. The van der Waals surface area contributed by atoms with Crippen LogP contribution in [-0.2, 0) is 0 Å². The highest BCUT2D eigenvalue weighted by Gasteiger charge is 2.23. The van der Waals surface area contributed by atoms with Crippen molar-refractivity contribution >= 4 is 5.95 Å². The van der Waals surface area contributed by atoms with E-state index in [0.717, 1.165) is 38.4 Å². The van der Waals surface area contributed by atoms with Crippen LogP contribution >= 0.6 is 0 Å². The largest absolute Gasteiger partial charge is 0.478 e. The maximum Gasteiger partial charge on any atom is 0.228 e. The molecule has 2 N–H and O–H groups in total. The van der Waals surface area contributed by atoms with Gasteiger partial charge in [-0.05, 0) is 31.7 Å². The summed E-state index contributed by atoms with van der Waals surface area (Å²) in [5.41, 5.74) is 5.60. The second-order valence-corrected chi connectivity index (χ2v) is 4.72. The van der Waals surface area contributed by atoms with Crippen LogP contribution in [0.2, 0.25) is 0 Å². The van der Waals surface area contributed by atoms with Gasteiger partial charge in [0.1, 0.15) is 0 Å². The number of aromatic nitrogens is 2. The van der Waals surface area contributed by atoms with E-state index in [-0.39, 0.29) is 0 Å². The number of nitrogens with two attached hydrogens (primary N) is 1. The maximum atomic E-state index is 5.60. The van der Waals surface area contributed by atoms with E-state index in [1.807, 2.05) is 6.07 Å². The lowest BCUT2D eigenvalue weighted by Gasteiger charge is -2.16. The molecule has 1 aromatic heterocycles. The number of ether oxygens (including phenoxy) is 1. The zero-order chi connectivity index (χ0) is 12.8. The normalized spacial score (nSPS) is 19.2. The smallest absolute Gasteiger partial charge is 0.228 e. The van der Waals surface area contributed by atoms with E-state index in [1.165, 1.54) is 6.42 Å². The van der Waals surface area contributed by atoms with Crippen LogP contribution in [0.25, 0.3) is 0 Å². The van der Waals surface area contributed by atoms with Gasteiger partial charge in [-0.15, -0.1) is 0 Å². The quantitative estimate of drug-likeness (QED) is 0.827. The molecule has 1 unspecified atom stereocenters. The highest BCUT2D eigenvalue weighted by Crippen LogP contribution is 2.23. The van der Waals surface area contributed by atoms with E-state index in [4.69, 9.17) is 10.5 Å². The van der Waals surface area contributed by atoms with Crippen LogP contribution in [0.3, 0.4) is 0 Å². The lowest BCUT2D eigenvalue weighted by molar-refractivity contribution is 0.305. The molecule has 0 bridgehead atoms. The van der Waals surface area contributed by atoms with Crippen LogP contribution in [0.5, 0.6) is 5.88 Å². The van der Waals surface area contributed by atoms with E-state index < -0.39 is 0 Å². The molecule has 2 heterocycles. The van der Waals surface area contributed by atoms with Crippen molar-refractivity contribution in [3.05, 3.63) is 12.3 Å². The topological polar surface area (TPSA) is 64.3 Å². The van der Waals surface area contributed by atoms with Gasteiger partial charge in [-0.2, -0.15) is 4.98 Å². The molecule has 0 radical (unpaired) electrons. The minimum atomic E-state index is 0.670. The van der Waals surface area contributed by atoms with Gasteiger partial charge >= 0.3 is 0 Å². The molecule has 1 atom stereocenters. The van der Waals surface area contributed by atoms with Crippen molar-refractivity contribution in [1.29, 1.82) is 0 Å². The minimum Gasteiger partial charge on any atom is -0.478 e. The molecule has 0 saturated carbocycles. The Kier molecular flexibility index (Phi) is 4.75. The third-order valence-electron chi connectivity index (χ3n) is 3.21. The summed E-state index contributed by atoms with van der Waals surface area (Å²) >= 11 is 0. The highest BCUT2D eigenvalue weighted by molar-refractivity contribution is 5.33. The summed E-state index contributed by atoms with van der Waals surface area (Å²) in [5.74, 6) is 2.13. The Labute approximate surface area is 108 Å². The molecule has 1 aromatic rings. The third-order valence-corrected chi connectivity index (χ3v) is 3.21. The first kappa shape index (κ1) is 13.1. The molecule has 5 heteroatoms. The zero-order valence-electron chi connectivity index (χ0n) is 11.0. The Bertz CT molecular complexity index is 372. The molecule has 0 aliphatic carbocycles. The number of rotatable bonds is 6. The lowest BCUT2D eigenvalue weighted by atomic mass is 10.1. The molecular weight excluding hydrogens is 228 g/mol. The molecule has 0 amide bonds. The fourth-order valence-corrected chi connectivity index (χ4v) is 2.26. The second kappa shape index (κ2) is 6.54. The summed E-state index contributed by atoms with van der Waals surface area (Å²) in [4.78, 5) is 11.0. The first-order chi connectivity index (χ1) is 8.83. The van der Waals surface area contributed by atoms with Gasteiger partial charge in [0.05, 0.1) is 6.61 Å². The molecular formula is C13H22N4O. The van der Waals surface area contributed by atoms with Crippen molar-refractivity contribution in [3.8, 4) is 5.88 Å². The average molecular weight is 250 g/mol. The van der Waals surface area contributed by atoms with Gasteiger partial charge in [0.15, 0.2) is 0 Å². The van der Waals surface area contributed by atoms with E-state index in [0.29, 0.717) is 18.4 Å². The Morgan fingerprint density at radius 1 is 1.56 bits per heavy atom. The third kappa shape index (κ3) is 3.32. The zero-order valence-corrected chi connectivity index (χ0v) is 11.0. The molecule has 2 rings (SSSR count). The molecule has 100 valence electrons. The molecule has 1 aliphatic rings. The van der Waals surface area contributed by atoms with Gasteiger partial charge in [-0.1, -0.05) is 6.92 Å². The van der Waals surface area contributed by atoms with Gasteiger partial charge in [0.2, 0.25) is 11.8 Å². The first-order valence-electron chi connectivity index (χ1n) is 6.74. The fourth-order valence-electron chi connectivity index (χ4n) is 2.26. The monoisotopic (exact) mass is 250 g/mol. The molecule has 0 spiro atoms. The Hall–Kier alpha value is -1.36. The minimum absolute atomic E-state index is 0.670. The van der Waals surface area contributed by atoms with E-state index in [1.54, 1.807) is 6.20 Å². The van der Waals surface area contributed by atoms with Crippen molar-refractivity contribution in [2.75, 3.05) is 31.1 Å². The average Bonchev–Trinajstić information content (AvgIpc) is 2.86. The number of hydrogen-bond acceptors (Lipinski definition) is 5. The number of anilines is 1. The summed E-state index contributed by atoms with van der Waals surface area (Å²) in [6.07, 6.45) is 5.02. The summed E-state index contributed by atoms with van der Waals surface area (Å²) in [5, 5.41) is 0. The van der Waals surface area contributed by atoms with Gasteiger partial charge in [-0.3, -0.25) is 0 Å². The Balaban J connectivity index is 1.96.